The molecular formula is C23H44O2. The molecule has 2 aliphatic carbocycles. The Labute approximate surface area is 157 Å². The molecule has 0 unspecified atom stereocenters. The lowest BCUT2D eigenvalue weighted by atomic mass is 9.75. The fourth-order valence-electron chi connectivity index (χ4n) is 4.97. The van der Waals surface area contributed by atoms with E-state index in [9.17, 15) is 0 Å². The van der Waals surface area contributed by atoms with Gasteiger partial charge in [0.25, 0.3) is 0 Å². The fraction of sp³-hybridized carbons (Fsp3) is 1.00. The van der Waals surface area contributed by atoms with E-state index in [2.05, 4.69) is 6.92 Å². The lowest BCUT2D eigenvalue weighted by Gasteiger charge is -2.32. The van der Waals surface area contributed by atoms with Gasteiger partial charge in [-0.1, -0.05) is 77.6 Å². The summed E-state index contributed by atoms with van der Waals surface area (Å²) in [6.07, 6.45) is 19.1. The van der Waals surface area contributed by atoms with Crippen LogP contribution < -0.4 is 0 Å². The van der Waals surface area contributed by atoms with Crippen molar-refractivity contribution in [2.45, 2.75) is 97.3 Å². The molecule has 2 rings (SSSR count). The Morgan fingerprint density at radius 3 is 1.60 bits per heavy atom. The van der Waals surface area contributed by atoms with Crippen molar-refractivity contribution in [1.82, 2.24) is 0 Å². The second kappa shape index (κ2) is 13.1. The zero-order chi connectivity index (χ0) is 17.7. The van der Waals surface area contributed by atoms with E-state index in [1.54, 1.807) is 0 Å². The van der Waals surface area contributed by atoms with E-state index in [1.165, 1.54) is 83.5 Å². The van der Waals surface area contributed by atoms with Gasteiger partial charge in [0, 0.05) is 13.2 Å². The van der Waals surface area contributed by atoms with Gasteiger partial charge in [0.1, 0.15) is 0 Å². The molecule has 2 heteroatoms. The zero-order valence-electron chi connectivity index (χ0n) is 17.1. The summed E-state index contributed by atoms with van der Waals surface area (Å²) in [4.78, 5) is 0. The van der Waals surface area contributed by atoms with Crippen LogP contribution in [0.3, 0.4) is 0 Å². The molecule has 0 aromatic rings. The Kier molecular flexibility index (Phi) is 11.2. The summed E-state index contributed by atoms with van der Waals surface area (Å²) < 4.78 is 11.1. The lowest BCUT2D eigenvalue weighted by Crippen LogP contribution is -2.21. The van der Waals surface area contributed by atoms with Crippen LogP contribution in [-0.4, -0.2) is 26.4 Å². The van der Waals surface area contributed by atoms with Crippen LogP contribution in [0.25, 0.3) is 0 Å². The molecule has 0 bridgehead atoms. The van der Waals surface area contributed by atoms with E-state index >= 15 is 0 Å². The highest BCUT2D eigenvalue weighted by molar-refractivity contribution is 4.76. The molecular weight excluding hydrogens is 308 g/mol. The Hall–Kier alpha value is -0.0800. The van der Waals surface area contributed by atoms with Gasteiger partial charge in [-0.05, 0) is 43.4 Å². The van der Waals surface area contributed by atoms with E-state index in [0.29, 0.717) is 0 Å². The van der Waals surface area contributed by atoms with Gasteiger partial charge < -0.3 is 9.47 Å². The summed E-state index contributed by atoms with van der Waals surface area (Å²) >= 11 is 0. The predicted octanol–water partition coefficient (Wildman–Crippen LogP) is 6.62. The highest BCUT2D eigenvalue weighted by Crippen LogP contribution is 2.37. The normalized spacial score (nSPS) is 30.5. The first-order valence-corrected chi connectivity index (χ1v) is 11.5. The van der Waals surface area contributed by atoms with Crippen molar-refractivity contribution >= 4 is 0 Å². The van der Waals surface area contributed by atoms with E-state index < -0.39 is 0 Å². The number of hydrogen-bond donors (Lipinski definition) is 0. The number of ether oxygens (including phenoxy) is 2. The van der Waals surface area contributed by atoms with Crippen LogP contribution in [0, 0.1) is 23.7 Å². The summed E-state index contributed by atoms with van der Waals surface area (Å²) in [5.41, 5.74) is 0. The maximum Gasteiger partial charge on any atom is 0.0700 e. The molecule has 0 spiro atoms. The molecule has 2 nitrogen and oxygen atoms in total. The minimum atomic E-state index is 0.756. The van der Waals surface area contributed by atoms with Gasteiger partial charge in [-0.15, -0.1) is 0 Å². The summed E-state index contributed by atoms with van der Waals surface area (Å²) in [7, 11) is 0. The van der Waals surface area contributed by atoms with Crippen molar-refractivity contribution in [2.75, 3.05) is 26.4 Å². The van der Waals surface area contributed by atoms with E-state index in [1.807, 2.05) is 6.92 Å². The predicted molar refractivity (Wildman–Crippen MR) is 107 cm³/mol. The number of unbranched alkanes of at least 4 members (excludes halogenated alkanes) is 1. The Morgan fingerprint density at radius 1 is 0.600 bits per heavy atom. The molecule has 0 heterocycles. The quantitative estimate of drug-likeness (QED) is 0.367. The van der Waals surface area contributed by atoms with Crippen molar-refractivity contribution in [3.8, 4) is 0 Å². The van der Waals surface area contributed by atoms with E-state index in [4.69, 9.17) is 9.47 Å². The van der Waals surface area contributed by atoms with Crippen LogP contribution in [0.4, 0.5) is 0 Å². The van der Waals surface area contributed by atoms with Gasteiger partial charge in [-0.3, -0.25) is 0 Å². The molecule has 0 aromatic heterocycles. The molecule has 25 heavy (non-hydrogen) atoms. The molecule has 2 fully saturated rings. The van der Waals surface area contributed by atoms with Crippen LogP contribution in [-0.2, 0) is 9.47 Å². The fourth-order valence-corrected chi connectivity index (χ4v) is 4.97. The average Bonchev–Trinajstić information content (AvgIpc) is 2.66. The third kappa shape index (κ3) is 8.91. The highest BCUT2D eigenvalue weighted by Gasteiger charge is 2.24. The van der Waals surface area contributed by atoms with Crippen molar-refractivity contribution in [3.05, 3.63) is 0 Å². The maximum absolute atomic E-state index is 5.78. The summed E-state index contributed by atoms with van der Waals surface area (Å²) in [5, 5.41) is 0. The van der Waals surface area contributed by atoms with E-state index in [-0.39, 0.29) is 0 Å². The van der Waals surface area contributed by atoms with Gasteiger partial charge >= 0.3 is 0 Å². The van der Waals surface area contributed by atoms with Crippen LogP contribution in [0.2, 0.25) is 0 Å². The molecule has 148 valence electrons. The second-order valence-corrected chi connectivity index (χ2v) is 8.76. The van der Waals surface area contributed by atoms with Crippen molar-refractivity contribution in [3.63, 3.8) is 0 Å². The minimum Gasteiger partial charge on any atom is -0.379 e. The smallest absolute Gasteiger partial charge is 0.0700 e. The van der Waals surface area contributed by atoms with Gasteiger partial charge in [-0.2, -0.15) is 0 Å². The molecule has 0 N–H and O–H groups in total. The second-order valence-electron chi connectivity index (χ2n) is 8.76. The first-order chi connectivity index (χ1) is 12.3. The standard InChI is InChI=1S/C23H44O2/c1-3-5-6-20-7-9-21(10-8-20)11-12-22-13-15-23(16-14-22)19-25-18-17-24-4-2/h20-23H,3-19H2,1-2H3. The molecule has 2 aliphatic rings. The van der Waals surface area contributed by atoms with Crippen LogP contribution >= 0.6 is 0 Å². The maximum atomic E-state index is 5.78. The van der Waals surface area contributed by atoms with Crippen LogP contribution in [0.5, 0.6) is 0 Å². The number of hydrogen-bond acceptors (Lipinski definition) is 2. The molecule has 0 atom stereocenters. The van der Waals surface area contributed by atoms with Crippen molar-refractivity contribution in [1.29, 1.82) is 0 Å². The van der Waals surface area contributed by atoms with Crippen molar-refractivity contribution in [2.24, 2.45) is 23.7 Å². The molecule has 0 saturated heterocycles. The van der Waals surface area contributed by atoms with Gasteiger partial charge in [0.15, 0.2) is 0 Å². The third-order valence-corrected chi connectivity index (χ3v) is 6.81. The molecule has 0 aliphatic heterocycles. The number of rotatable bonds is 12. The van der Waals surface area contributed by atoms with Crippen molar-refractivity contribution < 1.29 is 9.47 Å². The Bertz CT molecular complexity index is 301. The van der Waals surface area contributed by atoms with E-state index in [0.717, 1.165) is 50.1 Å². The Morgan fingerprint density at radius 2 is 1.08 bits per heavy atom. The topological polar surface area (TPSA) is 18.5 Å². The summed E-state index contributed by atoms with van der Waals surface area (Å²) in [6, 6.07) is 0. The summed E-state index contributed by atoms with van der Waals surface area (Å²) in [5.74, 6) is 3.94. The van der Waals surface area contributed by atoms with Crippen LogP contribution in [0.1, 0.15) is 97.3 Å². The Balaban J connectivity index is 1.47. The first kappa shape index (κ1) is 21.2. The average molecular weight is 353 g/mol. The monoisotopic (exact) mass is 352 g/mol. The SMILES string of the molecule is CCCCC1CCC(CCC2CCC(COCCOCC)CC2)CC1. The molecule has 2 saturated carbocycles. The minimum absolute atomic E-state index is 0.756. The molecule has 0 aromatic carbocycles. The third-order valence-electron chi connectivity index (χ3n) is 6.81. The van der Waals surface area contributed by atoms with Gasteiger partial charge in [0.2, 0.25) is 0 Å². The highest BCUT2D eigenvalue weighted by atomic mass is 16.5. The largest absolute Gasteiger partial charge is 0.379 e. The summed E-state index contributed by atoms with van der Waals surface area (Å²) in [6.45, 7) is 7.66. The lowest BCUT2D eigenvalue weighted by molar-refractivity contribution is 0.0278. The zero-order valence-corrected chi connectivity index (χ0v) is 17.1. The molecule has 0 radical (unpaired) electrons. The van der Waals surface area contributed by atoms with Gasteiger partial charge in [-0.25, -0.2) is 0 Å². The van der Waals surface area contributed by atoms with Gasteiger partial charge in [0.05, 0.1) is 13.2 Å². The molecule has 0 amide bonds. The van der Waals surface area contributed by atoms with Crippen LogP contribution in [0.15, 0.2) is 0 Å². The first-order valence-electron chi connectivity index (χ1n) is 11.5.